The number of carbonyl (C=O) groups is 1. The summed E-state index contributed by atoms with van der Waals surface area (Å²) in [5, 5.41) is 0. The van der Waals surface area contributed by atoms with Crippen molar-refractivity contribution in [2.24, 2.45) is 0 Å². The average Bonchev–Trinajstić information content (AvgIpc) is 2.98. The van der Waals surface area contributed by atoms with Gasteiger partial charge in [0.2, 0.25) is 0 Å². The van der Waals surface area contributed by atoms with Gasteiger partial charge in [-0.25, -0.2) is 4.98 Å². The highest BCUT2D eigenvalue weighted by Gasteiger charge is 2.23. The normalized spacial score (nSPS) is 22.4. The van der Waals surface area contributed by atoms with Crippen molar-refractivity contribution in [3.05, 3.63) is 48.5 Å². The SMILES string of the molecule is O=Cc1cn(C2CCC(Oc3ccccc3)CC2)cn1. The molecule has 1 saturated carbocycles. The van der Waals surface area contributed by atoms with Crippen LogP contribution in [0.15, 0.2) is 42.9 Å². The Morgan fingerprint density at radius 1 is 1.15 bits per heavy atom. The minimum atomic E-state index is 0.294. The zero-order valence-corrected chi connectivity index (χ0v) is 11.3. The van der Waals surface area contributed by atoms with Gasteiger partial charge < -0.3 is 9.30 Å². The third kappa shape index (κ3) is 2.90. The van der Waals surface area contributed by atoms with E-state index < -0.39 is 0 Å². The molecule has 0 bridgehead atoms. The number of benzene rings is 1. The molecule has 0 aliphatic heterocycles. The summed E-state index contributed by atoms with van der Waals surface area (Å²) in [6, 6.07) is 10.4. The highest BCUT2D eigenvalue weighted by atomic mass is 16.5. The molecule has 0 radical (unpaired) electrons. The topological polar surface area (TPSA) is 44.1 Å². The molecule has 4 heteroatoms. The Balaban J connectivity index is 1.55. The fourth-order valence-corrected chi connectivity index (χ4v) is 2.77. The predicted molar refractivity (Wildman–Crippen MR) is 76.0 cm³/mol. The summed E-state index contributed by atoms with van der Waals surface area (Å²) in [5.41, 5.74) is 0.507. The first-order valence-corrected chi connectivity index (χ1v) is 7.05. The molecular weight excluding hydrogens is 252 g/mol. The molecular formula is C16H18N2O2. The van der Waals surface area contributed by atoms with Crippen LogP contribution in [-0.2, 0) is 0 Å². The van der Waals surface area contributed by atoms with Crippen molar-refractivity contribution in [3.63, 3.8) is 0 Å². The van der Waals surface area contributed by atoms with Crippen molar-refractivity contribution in [3.8, 4) is 5.75 Å². The molecule has 1 aromatic heterocycles. The fraction of sp³-hybridized carbons (Fsp3) is 0.375. The van der Waals surface area contributed by atoms with Crippen LogP contribution < -0.4 is 4.74 Å². The number of aromatic nitrogens is 2. The first kappa shape index (κ1) is 12.9. The summed E-state index contributed by atoms with van der Waals surface area (Å²) in [6.07, 6.45) is 8.87. The van der Waals surface area contributed by atoms with Gasteiger partial charge in [-0.3, -0.25) is 4.79 Å². The van der Waals surface area contributed by atoms with Crippen LogP contribution >= 0.6 is 0 Å². The molecule has 104 valence electrons. The van der Waals surface area contributed by atoms with Crippen molar-refractivity contribution >= 4 is 6.29 Å². The van der Waals surface area contributed by atoms with Crippen LogP contribution in [0.2, 0.25) is 0 Å². The van der Waals surface area contributed by atoms with E-state index in [1.165, 1.54) is 0 Å². The van der Waals surface area contributed by atoms with E-state index in [0.717, 1.165) is 37.7 Å². The molecule has 20 heavy (non-hydrogen) atoms. The van der Waals surface area contributed by atoms with Gasteiger partial charge in [0.25, 0.3) is 0 Å². The van der Waals surface area contributed by atoms with Crippen molar-refractivity contribution in [2.75, 3.05) is 0 Å². The second kappa shape index (κ2) is 5.90. The monoisotopic (exact) mass is 270 g/mol. The quantitative estimate of drug-likeness (QED) is 0.801. The molecule has 0 amide bonds. The zero-order valence-electron chi connectivity index (χ0n) is 11.3. The van der Waals surface area contributed by atoms with Gasteiger partial charge in [0.05, 0.1) is 12.4 Å². The van der Waals surface area contributed by atoms with Crippen molar-refractivity contribution in [1.29, 1.82) is 0 Å². The molecule has 0 unspecified atom stereocenters. The maximum Gasteiger partial charge on any atom is 0.169 e. The first-order chi connectivity index (χ1) is 9.85. The molecule has 1 aliphatic carbocycles. The van der Waals surface area contributed by atoms with Gasteiger partial charge in [-0.05, 0) is 37.8 Å². The molecule has 1 heterocycles. The third-order valence-electron chi connectivity index (χ3n) is 3.85. The molecule has 0 saturated heterocycles. The van der Waals surface area contributed by atoms with E-state index in [4.69, 9.17) is 4.74 Å². The van der Waals surface area contributed by atoms with Crippen LogP contribution in [0.1, 0.15) is 42.2 Å². The minimum absolute atomic E-state index is 0.294. The van der Waals surface area contributed by atoms with Gasteiger partial charge in [0.1, 0.15) is 11.4 Å². The van der Waals surface area contributed by atoms with E-state index in [1.54, 1.807) is 6.33 Å². The van der Waals surface area contributed by atoms with E-state index >= 15 is 0 Å². The fourth-order valence-electron chi connectivity index (χ4n) is 2.77. The maximum atomic E-state index is 10.7. The second-order valence-corrected chi connectivity index (χ2v) is 5.23. The number of ether oxygens (including phenoxy) is 1. The summed E-state index contributed by atoms with van der Waals surface area (Å²) >= 11 is 0. The molecule has 4 nitrogen and oxygen atoms in total. The maximum absolute atomic E-state index is 10.7. The number of rotatable bonds is 4. The van der Waals surface area contributed by atoms with Crippen molar-refractivity contribution in [1.82, 2.24) is 9.55 Å². The van der Waals surface area contributed by atoms with E-state index in [0.29, 0.717) is 17.8 Å². The van der Waals surface area contributed by atoms with E-state index in [9.17, 15) is 4.79 Å². The van der Waals surface area contributed by atoms with Crippen LogP contribution in [0.4, 0.5) is 0 Å². The van der Waals surface area contributed by atoms with Gasteiger partial charge in [-0.15, -0.1) is 0 Å². The van der Waals surface area contributed by atoms with Crippen LogP contribution in [0.3, 0.4) is 0 Å². The number of aldehydes is 1. The Hall–Kier alpha value is -2.10. The smallest absolute Gasteiger partial charge is 0.169 e. The lowest BCUT2D eigenvalue weighted by Gasteiger charge is -2.29. The number of carbonyl (C=O) groups excluding carboxylic acids is 1. The largest absolute Gasteiger partial charge is 0.490 e. The number of imidazole rings is 1. The summed E-state index contributed by atoms with van der Waals surface area (Å²) in [6.45, 7) is 0. The summed E-state index contributed by atoms with van der Waals surface area (Å²) in [5.74, 6) is 0.946. The third-order valence-corrected chi connectivity index (χ3v) is 3.85. The molecule has 0 atom stereocenters. The van der Waals surface area contributed by atoms with Crippen LogP contribution in [0, 0.1) is 0 Å². The highest BCUT2D eigenvalue weighted by Crippen LogP contribution is 2.30. The van der Waals surface area contributed by atoms with Crippen molar-refractivity contribution in [2.45, 2.75) is 37.8 Å². The van der Waals surface area contributed by atoms with E-state index in [-0.39, 0.29) is 0 Å². The Morgan fingerprint density at radius 2 is 1.90 bits per heavy atom. The van der Waals surface area contributed by atoms with Gasteiger partial charge in [0.15, 0.2) is 6.29 Å². The Kier molecular flexibility index (Phi) is 3.81. The number of para-hydroxylation sites is 1. The van der Waals surface area contributed by atoms with E-state index in [2.05, 4.69) is 9.55 Å². The number of nitrogens with zero attached hydrogens (tertiary/aromatic N) is 2. The summed E-state index contributed by atoms with van der Waals surface area (Å²) in [4.78, 5) is 14.7. The second-order valence-electron chi connectivity index (χ2n) is 5.23. The van der Waals surface area contributed by atoms with Gasteiger partial charge >= 0.3 is 0 Å². The van der Waals surface area contributed by atoms with Gasteiger partial charge in [-0.1, -0.05) is 18.2 Å². The van der Waals surface area contributed by atoms with Crippen LogP contribution in [0.5, 0.6) is 5.75 Å². The van der Waals surface area contributed by atoms with Gasteiger partial charge in [0, 0.05) is 12.2 Å². The Bertz CT molecular complexity index is 557. The molecule has 0 spiro atoms. The molecule has 2 aromatic rings. The number of hydrogen-bond acceptors (Lipinski definition) is 3. The van der Waals surface area contributed by atoms with E-state index in [1.807, 2.05) is 36.5 Å². The highest BCUT2D eigenvalue weighted by molar-refractivity contribution is 5.70. The first-order valence-electron chi connectivity index (χ1n) is 7.05. The minimum Gasteiger partial charge on any atom is -0.490 e. The summed E-state index contributed by atoms with van der Waals surface area (Å²) in [7, 11) is 0. The standard InChI is InChI=1S/C16H18N2O2/c19-11-13-10-18(12-17-13)14-6-8-16(9-7-14)20-15-4-2-1-3-5-15/h1-5,10-12,14,16H,6-9H2. The molecule has 3 rings (SSSR count). The van der Waals surface area contributed by atoms with Crippen LogP contribution in [0.25, 0.3) is 0 Å². The lowest BCUT2D eigenvalue weighted by molar-refractivity contribution is 0.111. The van der Waals surface area contributed by atoms with Crippen molar-refractivity contribution < 1.29 is 9.53 Å². The zero-order chi connectivity index (χ0) is 13.8. The van der Waals surface area contributed by atoms with Gasteiger partial charge in [-0.2, -0.15) is 0 Å². The number of hydrogen-bond donors (Lipinski definition) is 0. The predicted octanol–water partition coefficient (Wildman–Crippen LogP) is 3.26. The lowest BCUT2D eigenvalue weighted by atomic mass is 9.93. The molecule has 0 N–H and O–H groups in total. The van der Waals surface area contributed by atoms with Crippen LogP contribution in [-0.4, -0.2) is 21.9 Å². The molecule has 1 aliphatic rings. The Labute approximate surface area is 118 Å². The molecule has 1 aromatic carbocycles. The Morgan fingerprint density at radius 3 is 2.55 bits per heavy atom. The molecule has 1 fully saturated rings. The lowest BCUT2D eigenvalue weighted by Crippen LogP contribution is -2.25. The summed E-state index contributed by atoms with van der Waals surface area (Å²) < 4.78 is 8.04. The average molecular weight is 270 g/mol.